The van der Waals surface area contributed by atoms with Crippen molar-refractivity contribution in [2.24, 2.45) is 0 Å². The van der Waals surface area contributed by atoms with E-state index >= 15 is 0 Å². The standard InChI is InChI=1S/C15H21N3O2/c1-11-4-5-14(18(19)20)9-15(11)17(13-6-7-13)10-12-3-2-8-16-12/h4-5,9,12-13,16H,2-3,6-8,10H2,1H3. The fourth-order valence-electron chi connectivity index (χ4n) is 3.00. The summed E-state index contributed by atoms with van der Waals surface area (Å²) in [4.78, 5) is 13.1. The number of non-ortho nitro benzene ring substituents is 1. The molecule has 1 aromatic rings. The van der Waals surface area contributed by atoms with E-state index in [1.54, 1.807) is 12.1 Å². The summed E-state index contributed by atoms with van der Waals surface area (Å²) in [5, 5.41) is 14.5. The predicted octanol–water partition coefficient (Wildman–Crippen LogP) is 2.62. The van der Waals surface area contributed by atoms with Gasteiger partial charge in [-0.1, -0.05) is 6.07 Å². The van der Waals surface area contributed by atoms with Crippen LogP contribution in [0.15, 0.2) is 18.2 Å². The molecule has 20 heavy (non-hydrogen) atoms. The monoisotopic (exact) mass is 275 g/mol. The number of nitro benzene ring substituents is 1. The van der Waals surface area contributed by atoms with E-state index in [0.717, 1.165) is 24.3 Å². The third-order valence-electron chi connectivity index (χ3n) is 4.28. The highest BCUT2D eigenvalue weighted by Crippen LogP contribution is 2.35. The highest BCUT2D eigenvalue weighted by molar-refractivity contribution is 5.60. The topological polar surface area (TPSA) is 58.4 Å². The first-order valence-corrected chi connectivity index (χ1v) is 7.40. The molecule has 3 rings (SSSR count). The van der Waals surface area contributed by atoms with Gasteiger partial charge in [-0.2, -0.15) is 0 Å². The summed E-state index contributed by atoms with van der Waals surface area (Å²) in [6, 6.07) is 6.29. The van der Waals surface area contributed by atoms with Crippen LogP contribution in [0.4, 0.5) is 11.4 Å². The van der Waals surface area contributed by atoms with Crippen LogP contribution in [0.25, 0.3) is 0 Å². The first kappa shape index (κ1) is 13.4. The molecule has 1 saturated carbocycles. The minimum absolute atomic E-state index is 0.190. The highest BCUT2D eigenvalue weighted by atomic mass is 16.6. The molecule has 1 aliphatic heterocycles. The second kappa shape index (κ2) is 5.40. The van der Waals surface area contributed by atoms with Crippen LogP contribution in [-0.2, 0) is 0 Å². The lowest BCUT2D eigenvalue weighted by molar-refractivity contribution is -0.384. The average molecular weight is 275 g/mol. The largest absolute Gasteiger partial charge is 0.367 e. The zero-order chi connectivity index (χ0) is 14.1. The van der Waals surface area contributed by atoms with Crippen LogP contribution in [0.5, 0.6) is 0 Å². The molecule has 0 bridgehead atoms. The number of benzene rings is 1. The second-order valence-electron chi connectivity index (χ2n) is 5.90. The normalized spacial score (nSPS) is 21.9. The summed E-state index contributed by atoms with van der Waals surface area (Å²) in [5.74, 6) is 0. The van der Waals surface area contributed by atoms with Crippen LogP contribution in [0.2, 0.25) is 0 Å². The second-order valence-corrected chi connectivity index (χ2v) is 5.90. The molecule has 1 heterocycles. The van der Waals surface area contributed by atoms with Crippen molar-refractivity contribution >= 4 is 11.4 Å². The Morgan fingerprint density at radius 2 is 2.20 bits per heavy atom. The molecule has 1 atom stereocenters. The van der Waals surface area contributed by atoms with Gasteiger partial charge in [-0.25, -0.2) is 0 Å². The summed E-state index contributed by atoms with van der Waals surface area (Å²) in [5.41, 5.74) is 2.35. The first-order valence-electron chi connectivity index (χ1n) is 7.40. The minimum Gasteiger partial charge on any atom is -0.367 e. The van der Waals surface area contributed by atoms with Gasteiger partial charge >= 0.3 is 0 Å². The number of anilines is 1. The van der Waals surface area contributed by atoms with Crippen molar-refractivity contribution in [3.05, 3.63) is 33.9 Å². The molecule has 0 aromatic heterocycles. The van der Waals surface area contributed by atoms with E-state index in [-0.39, 0.29) is 10.6 Å². The van der Waals surface area contributed by atoms with Gasteiger partial charge in [-0.15, -0.1) is 0 Å². The SMILES string of the molecule is Cc1ccc([N+](=O)[O-])cc1N(CC1CCCN1)C1CC1. The number of nitrogens with one attached hydrogen (secondary N) is 1. The van der Waals surface area contributed by atoms with Gasteiger partial charge in [0.05, 0.1) is 4.92 Å². The summed E-state index contributed by atoms with van der Waals surface area (Å²) in [6.45, 7) is 4.10. The Balaban J connectivity index is 1.86. The maximum atomic E-state index is 11.0. The van der Waals surface area contributed by atoms with E-state index in [9.17, 15) is 10.1 Å². The molecule has 1 N–H and O–H groups in total. The van der Waals surface area contributed by atoms with E-state index in [1.807, 2.05) is 13.0 Å². The number of nitrogens with zero attached hydrogens (tertiary/aromatic N) is 2. The third-order valence-corrected chi connectivity index (χ3v) is 4.28. The molecule has 108 valence electrons. The van der Waals surface area contributed by atoms with Crippen molar-refractivity contribution in [3.63, 3.8) is 0 Å². The number of hydrogen-bond acceptors (Lipinski definition) is 4. The molecular formula is C15H21N3O2. The van der Waals surface area contributed by atoms with Gasteiger partial charge < -0.3 is 10.2 Å². The summed E-state index contributed by atoms with van der Waals surface area (Å²) in [6.07, 6.45) is 4.85. The maximum Gasteiger partial charge on any atom is 0.271 e. The molecule has 5 nitrogen and oxygen atoms in total. The fraction of sp³-hybridized carbons (Fsp3) is 0.600. The quantitative estimate of drug-likeness (QED) is 0.663. The Kier molecular flexibility index (Phi) is 3.61. The Hall–Kier alpha value is -1.62. The lowest BCUT2D eigenvalue weighted by Gasteiger charge is -2.29. The maximum absolute atomic E-state index is 11.0. The highest BCUT2D eigenvalue weighted by Gasteiger charge is 2.32. The Morgan fingerprint density at radius 3 is 2.80 bits per heavy atom. The van der Waals surface area contributed by atoms with Gasteiger partial charge in [0.2, 0.25) is 0 Å². The lowest BCUT2D eigenvalue weighted by atomic mass is 10.1. The smallest absolute Gasteiger partial charge is 0.271 e. The van der Waals surface area contributed by atoms with Crippen molar-refractivity contribution in [1.29, 1.82) is 0 Å². The zero-order valence-corrected chi connectivity index (χ0v) is 11.8. The minimum atomic E-state index is -0.304. The van der Waals surface area contributed by atoms with Crippen molar-refractivity contribution in [2.45, 2.75) is 44.7 Å². The number of nitro groups is 1. The van der Waals surface area contributed by atoms with Gasteiger partial charge in [0.25, 0.3) is 5.69 Å². The van der Waals surface area contributed by atoms with Gasteiger partial charge in [-0.3, -0.25) is 10.1 Å². The Labute approximate surface area is 119 Å². The van der Waals surface area contributed by atoms with Crippen molar-refractivity contribution in [3.8, 4) is 0 Å². The van der Waals surface area contributed by atoms with Gasteiger partial charge in [0, 0.05) is 36.4 Å². The van der Waals surface area contributed by atoms with Crippen molar-refractivity contribution in [2.75, 3.05) is 18.0 Å². The number of hydrogen-bond donors (Lipinski definition) is 1. The van der Waals surface area contributed by atoms with Crippen LogP contribution in [0.1, 0.15) is 31.2 Å². The average Bonchev–Trinajstić information content (AvgIpc) is 3.14. The van der Waals surface area contributed by atoms with E-state index in [1.165, 1.54) is 25.7 Å². The van der Waals surface area contributed by atoms with E-state index in [0.29, 0.717) is 12.1 Å². The van der Waals surface area contributed by atoms with Crippen LogP contribution in [-0.4, -0.2) is 30.1 Å². The fourth-order valence-corrected chi connectivity index (χ4v) is 3.00. The summed E-state index contributed by atoms with van der Waals surface area (Å²) < 4.78 is 0. The Morgan fingerprint density at radius 1 is 1.40 bits per heavy atom. The Bertz CT molecular complexity index is 508. The molecule has 2 aliphatic rings. The lowest BCUT2D eigenvalue weighted by Crippen LogP contribution is -2.39. The van der Waals surface area contributed by atoms with Gasteiger partial charge in [-0.05, 0) is 44.7 Å². The van der Waals surface area contributed by atoms with E-state index in [4.69, 9.17) is 0 Å². The number of rotatable bonds is 5. The molecule has 1 saturated heterocycles. The van der Waals surface area contributed by atoms with Crippen LogP contribution in [0, 0.1) is 17.0 Å². The molecule has 1 aliphatic carbocycles. The van der Waals surface area contributed by atoms with Crippen LogP contribution in [0.3, 0.4) is 0 Å². The van der Waals surface area contributed by atoms with E-state index in [2.05, 4.69) is 10.2 Å². The summed E-state index contributed by atoms with van der Waals surface area (Å²) >= 11 is 0. The third kappa shape index (κ3) is 2.77. The van der Waals surface area contributed by atoms with Crippen LogP contribution < -0.4 is 10.2 Å². The van der Waals surface area contributed by atoms with Gasteiger partial charge in [0.15, 0.2) is 0 Å². The van der Waals surface area contributed by atoms with Gasteiger partial charge in [0.1, 0.15) is 0 Å². The van der Waals surface area contributed by atoms with E-state index < -0.39 is 0 Å². The predicted molar refractivity (Wildman–Crippen MR) is 79.2 cm³/mol. The van der Waals surface area contributed by atoms with Crippen molar-refractivity contribution < 1.29 is 4.92 Å². The molecule has 0 radical (unpaired) electrons. The molecule has 0 spiro atoms. The molecule has 1 unspecified atom stereocenters. The molecule has 2 fully saturated rings. The molecule has 0 amide bonds. The molecular weight excluding hydrogens is 254 g/mol. The zero-order valence-electron chi connectivity index (χ0n) is 11.8. The van der Waals surface area contributed by atoms with Crippen molar-refractivity contribution in [1.82, 2.24) is 5.32 Å². The summed E-state index contributed by atoms with van der Waals surface area (Å²) in [7, 11) is 0. The van der Waals surface area contributed by atoms with Crippen LogP contribution >= 0.6 is 0 Å². The molecule has 5 heteroatoms. The molecule has 1 aromatic carbocycles. The first-order chi connectivity index (χ1) is 9.65. The number of aryl methyl sites for hydroxylation is 1.